The molecule has 0 bridgehead atoms. The third-order valence-electron chi connectivity index (χ3n) is 2.85. The molecule has 0 radical (unpaired) electrons. The van der Waals surface area contributed by atoms with Gasteiger partial charge in [-0.15, -0.1) is 0 Å². The lowest BCUT2D eigenvalue weighted by Gasteiger charge is -2.26. The summed E-state index contributed by atoms with van der Waals surface area (Å²) in [7, 11) is 0. The molecule has 0 saturated heterocycles. The van der Waals surface area contributed by atoms with E-state index in [0.29, 0.717) is 0 Å². The van der Waals surface area contributed by atoms with Gasteiger partial charge in [-0.25, -0.2) is 4.79 Å². The highest BCUT2D eigenvalue weighted by molar-refractivity contribution is 7.09. The molecule has 0 aliphatic heterocycles. The zero-order valence-electron chi connectivity index (χ0n) is 9.57. The van der Waals surface area contributed by atoms with E-state index in [1.54, 1.807) is 0 Å². The van der Waals surface area contributed by atoms with Crippen LogP contribution in [0.25, 0.3) is 0 Å². The third kappa shape index (κ3) is 3.13. The Balaban J connectivity index is 2.02. The topological polar surface area (TPSA) is 108 Å². The Labute approximate surface area is 107 Å². The van der Waals surface area contributed by atoms with E-state index >= 15 is 0 Å². The summed E-state index contributed by atoms with van der Waals surface area (Å²) in [5, 5.41) is 18.6. The Hall–Kier alpha value is -1.77. The van der Waals surface area contributed by atoms with Crippen molar-refractivity contribution in [3.63, 3.8) is 0 Å². The maximum Gasteiger partial charge on any atom is 0.324 e. The molecule has 0 spiro atoms. The number of anilines is 1. The molecule has 2 rings (SSSR count). The lowest BCUT2D eigenvalue weighted by Crippen LogP contribution is -2.44. The van der Waals surface area contributed by atoms with Crippen molar-refractivity contribution in [3.8, 4) is 0 Å². The van der Waals surface area contributed by atoms with Crippen LogP contribution in [-0.4, -0.2) is 49.4 Å². The minimum atomic E-state index is -1.02. The Morgan fingerprint density at radius 1 is 1.44 bits per heavy atom. The smallest absolute Gasteiger partial charge is 0.324 e. The fourth-order valence-electron chi connectivity index (χ4n) is 2.07. The van der Waals surface area contributed by atoms with Gasteiger partial charge < -0.3 is 10.0 Å². The number of amides is 2. The normalized spacial score (nSPS) is 15.6. The summed E-state index contributed by atoms with van der Waals surface area (Å²) in [6, 6.07) is -0.468. The average Bonchev–Trinajstić information content (AvgIpc) is 2.97. The van der Waals surface area contributed by atoms with Gasteiger partial charge in [-0.1, -0.05) is 22.4 Å². The second kappa shape index (κ2) is 5.71. The number of hydrogen-bond acceptors (Lipinski definition) is 6. The highest BCUT2D eigenvalue weighted by atomic mass is 32.1. The zero-order chi connectivity index (χ0) is 13.0. The summed E-state index contributed by atoms with van der Waals surface area (Å²) < 4.78 is 3.52. The third-order valence-corrected chi connectivity index (χ3v) is 3.36. The van der Waals surface area contributed by atoms with Gasteiger partial charge in [-0.05, 0) is 18.1 Å². The van der Waals surface area contributed by atoms with Crippen molar-refractivity contribution < 1.29 is 14.7 Å². The predicted octanol–water partition coefficient (Wildman–Crippen LogP) is 0.794. The van der Waals surface area contributed by atoms with Crippen molar-refractivity contribution in [3.05, 3.63) is 0 Å². The highest BCUT2D eigenvalue weighted by Crippen LogP contribution is 2.24. The number of urea groups is 1. The molecule has 98 valence electrons. The molecule has 2 N–H and O–H groups in total. The van der Waals surface area contributed by atoms with Crippen molar-refractivity contribution in [2.45, 2.75) is 31.7 Å². The van der Waals surface area contributed by atoms with Crippen LogP contribution in [0.5, 0.6) is 0 Å². The number of aliphatic carboxylic acids is 1. The summed E-state index contributed by atoms with van der Waals surface area (Å²) in [5.74, 6) is -1.02. The van der Waals surface area contributed by atoms with Crippen molar-refractivity contribution in [1.82, 2.24) is 19.7 Å². The summed E-state index contributed by atoms with van der Waals surface area (Å²) in [6.45, 7) is -0.303. The van der Waals surface area contributed by atoms with Gasteiger partial charge in [-0.3, -0.25) is 10.1 Å². The molecule has 8 nitrogen and oxygen atoms in total. The molecule has 0 unspecified atom stereocenters. The van der Waals surface area contributed by atoms with E-state index in [0.717, 1.165) is 37.2 Å². The van der Waals surface area contributed by atoms with E-state index in [1.807, 2.05) is 0 Å². The molecule has 1 aliphatic rings. The summed E-state index contributed by atoms with van der Waals surface area (Å²) in [6.07, 6.45) is 3.73. The van der Waals surface area contributed by atoms with Gasteiger partial charge >= 0.3 is 12.0 Å². The lowest BCUT2D eigenvalue weighted by atomic mass is 10.2. The average molecular weight is 271 g/mol. The second-order valence-electron chi connectivity index (χ2n) is 4.06. The van der Waals surface area contributed by atoms with Crippen LogP contribution in [0.4, 0.5) is 9.93 Å². The van der Waals surface area contributed by atoms with Crippen LogP contribution in [0, 0.1) is 0 Å². The molecule has 1 aromatic rings. The number of carbonyl (C=O) groups is 2. The fourth-order valence-corrected chi connectivity index (χ4v) is 2.43. The molecule has 18 heavy (non-hydrogen) atoms. The van der Waals surface area contributed by atoms with Crippen LogP contribution in [0.15, 0.2) is 0 Å². The predicted molar refractivity (Wildman–Crippen MR) is 63.3 cm³/mol. The Bertz CT molecular complexity index is 418. The van der Waals surface area contributed by atoms with Crippen LogP contribution in [0.2, 0.25) is 0 Å². The van der Waals surface area contributed by atoms with E-state index in [1.165, 1.54) is 4.90 Å². The molecule has 1 saturated carbocycles. The summed E-state index contributed by atoms with van der Waals surface area (Å²) in [5.41, 5.74) is 0. The molecule has 1 aromatic heterocycles. The standard InChI is InChI=1S/C9H13N5O3S/c15-7(16)5-14(6-3-1-2-4-6)9(17)10-8-11-12-13-18-8/h6H,1-5H2,(H,15,16)(H,10,11,13,17). The van der Waals surface area contributed by atoms with E-state index in [2.05, 4.69) is 20.1 Å². The molecular weight excluding hydrogens is 258 g/mol. The van der Waals surface area contributed by atoms with Crippen LogP contribution in [-0.2, 0) is 4.79 Å². The summed E-state index contributed by atoms with van der Waals surface area (Å²) in [4.78, 5) is 24.2. The number of carbonyl (C=O) groups excluding carboxylic acids is 1. The Morgan fingerprint density at radius 3 is 2.72 bits per heavy atom. The van der Waals surface area contributed by atoms with Gasteiger partial charge in [0.1, 0.15) is 6.54 Å². The number of nitrogens with one attached hydrogen (secondary N) is 1. The summed E-state index contributed by atoms with van der Waals surface area (Å²) >= 11 is 0.952. The van der Waals surface area contributed by atoms with E-state index < -0.39 is 12.0 Å². The minimum absolute atomic E-state index is 0.0121. The second-order valence-corrected chi connectivity index (χ2v) is 4.79. The van der Waals surface area contributed by atoms with Gasteiger partial charge in [0.25, 0.3) is 0 Å². The van der Waals surface area contributed by atoms with Gasteiger partial charge in [0, 0.05) is 17.6 Å². The number of rotatable bonds is 4. The molecular formula is C9H13N5O3S. The molecule has 2 amide bonds. The first-order valence-electron chi connectivity index (χ1n) is 5.61. The molecule has 9 heteroatoms. The van der Waals surface area contributed by atoms with Crippen LogP contribution < -0.4 is 5.32 Å². The quantitative estimate of drug-likeness (QED) is 0.838. The van der Waals surface area contributed by atoms with Crippen LogP contribution in [0.1, 0.15) is 25.7 Å². The number of carboxylic acids is 1. The monoisotopic (exact) mass is 271 g/mol. The Kier molecular flexibility index (Phi) is 4.03. The van der Waals surface area contributed by atoms with Crippen molar-refractivity contribution in [2.75, 3.05) is 11.9 Å². The first-order valence-corrected chi connectivity index (χ1v) is 6.38. The number of nitrogens with zero attached hydrogens (tertiary/aromatic N) is 4. The van der Waals surface area contributed by atoms with E-state index in [4.69, 9.17) is 5.11 Å². The molecule has 1 aliphatic carbocycles. The molecule has 0 aromatic carbocycles. The lowest BCUT2D eigenvalue weighted by molar-refractivity contribution is -0.138. The van der Waals surface area contributed by atoms with Crippen LogP contribution >= 0.6 is 11.5 Å². The number of hydrogen-bond donors (Lipinski definition) is 2. The van der Waals surface area contributed by atoms with Crippen molar-refractivity contribution in [1.29, 1.82) is 0 Å². The Morgan fingerprint density at radius 2 is 2.17 bits per heavy atom. The van der Waals surface area contributed by atoms with Gasteiger partial charge in [0.05, 0.1) is 0 Å². The van der Waals surface area contributed by atoms with Crippen molar-refractivity contribution in [2.24, 2.45) is 0 Å². The van der Waals surface area contributed by atoms with Crippen LogP contribution in [0.3, 0.4) is 0 Å². The molecule has 1 heterocycles. The first kappa shape index (κ1) is 12.7. The molecule has 1 fully saturated rings. The highest BCUT2D eigenvalue weighted by Gasteiger charge is 2.28. The van der Waals surface area contributed by atoms with Gasteiger partial charge in [-0.2, -0.15) is 0 Å². The first-order chi connectivity index (χ1) is 8.66. The van der Waals surface area contributed by atoms with Gasteiger partial charge in [0.15, 0.2) is 0 Å². The SMILES string of the molecule is O=C(O)CN(C(=O)Nc1nnns1)C1CCCC1. The fraction of sp³-hybridized carbons (Fsp3) is 0.667. The van der Waals surface area contributed by atoms with E-state index in [9.17, 15) is 9.59 Å². The maximum atomic E-state index is 12.0. The van der Waals surface area contributed by atoms with E-state index in [-0.39, 0.29) is 17.7 Å². The maximum absolute atomic E-state index is 12.0. The largest absolute Gasteiger partial charge is 0.480 e. The zero-order valence-corrected chi connectivity index (χ0v) is 10.4. The molecule has 0 atom stereocenters. The van der Waals surface area contributed by atoms with Gasteiger partial charge in [0.2, 0.25) is 5.13 Å². The minimum Gasteiger partial charge on any atom is -0.480 e. The number of carboxylic acid groups (broad SMARTS) is 1. The number of aromatic nitrogens is 3. The van der Waals surface area contributed by atoms with Crippen molar-refractivity contribution >= 4 is 28.7 Å².